The van der Waals surface area contributed by atoms with E-state index in [1.165, 1.54) is 6.26 Å². The van der Waals surface area contributed by atoms with Gasteiger partial charge in [-0.25, -0.2) is 0 Å². The van der Waals surface area contributed by atoms with Crippen LogP contribution in [-0.2, 0) is 0 Å². The van der Waals surface area contributed by atoms with Gasteiger partial charge >= 0.3 is 0 Å². The summed E-state index contributed by atoms with van der Waals surface area (Å²) < 4.78 is 5.27. The van der Waals surface area contributed by atoms with Gasteiger partial charge in [0.2, 0.25) is 0 Å². The van der Waals surface area contributed by atoms with Crippen molar-refractivity contribution in [3.05, 3.63) is 70.5 Å². The molecule has 0 saturated carbocycles. The van der Waals surface area contributed by atoms with Crippen molar-refractivity contribution in [1.82, 2.24) is 14.9 Å². The topological polar surface area (TPSA) is 82.1 Å². The van der Waals surface area contributed by atoms with Crippen LogP contribution in [0.25, 0.3) is 11.5 Å². The predicted molar refractivity (Wildman–Crippen MR) is 88.6 cm³/mol. The molecule has 1 aliphatic heterocycles. The Morgan fingerprint density at radius 2 is 2.12 bits per heavy atom. The highest BCUT2D eigenvalue weighted by molar-refractivity contribution is 5.94. The van der Waals surface area contributed by atoms with E-state index in [-0.39, 0.29) is 17.5 Å². The molecule has 1 atom stereocenters. The lowest BCUT2D eigenvalue weighted by molar-refractivity contribution is 0.0731. The number of H-pyrrole nitrogens is 2. The van der Waals surface area contributed by atoms with Gasteiger partial charge in [0.15, 0.2) is 0 Å². The van der Waals surface area contributed by atoms with Gasteiger partial charge in [-0.15, -0.1) is 0 Å². The Hall–Kier alpha value is -3.02. The zero-order valence-electron chi connectivity index (χ0n) is 13.0. The van der Waals surface area contributed by atoms with Gasteiger partial charge in [-0.3, -0.25) is 9.59 Å². The van der Waals surface area contributed by atoms with E-state index in [1.807, 2.05) is 18.3 Å². The molecule has 6 nitrogen and oxygen atoms in total. The Morgan fingerprint density at radius 1 is 1.21 bits per heavy atom. The second kappa shape index (κ2) is 5.88. The summed E-state index contributed by atoms with van der Waals surface area (Å²) in [5.41, 5.74) is 1.32. The molecule has 4 heterocycles. The van der Waals surface area contributed by atoms with Crippen molar-refractivity contribution < 1.29 is 9.21 Å². The zero-order valence-corrected chi connectivity index (χ0v) is 13.0. The van der Waals surface area contributed by atoms with Crippen molar-refractivity contribution >= 4 is 5.91 Å². The number of hydrogen-bond acceptors (Lipinski definition) is 3. The molecule has 1 fully saturated rings. The molecule has 0 unspecified atom stereocenters. The van der Waals surface area contributed by atoms with Crippen LogP contribution in [0.3, 0.4) is 0 Å². The van der Waals surface area contributed by atoms with Crippen LogP contribution in [0.1, 0.15) is 34.9 Å². The maximum absolute atomic E-state index is 12.8. The third-order valence-electron chi connectivity index (χ3n) is 4.42. The summed E-state index contributed by atoms with van der Waals surface area (Å²) in [6.07, 6.45) is 5.21. The number of aromatic nitrogens is 2. The molecule has 6 heteroatoms. The maximum Gasteiger partial charge on any atom is 0.261 e. The van der Waals surface area contributed by atoms with Gasteiger partial charge in [-0.05, 0) is 49.2 Å². The Bertz CT molecular complexity index is 894. The molecule has 0 aromatic carbocycles. The number of hydrogen-bond donors (Lipinski definition) is 2. The number of rotatable bonds is 3. The van der Waals surface area contributed by atoms with Crippen molar-refractivity contribution in [1.29, 1.82) is 0 Å². The maximum atomic E-state index is 12.8. The number of nitrogens with zero attached hydrogens (tertiary/aromatic N) is 1. The second-order valence-electron chi connectivity index (χ2n) is 5.87. The lowest BCUT2D eigenvalue weighted by Crippen LogP contribution is -2.34. The number of carbonyl (C=O) groups is 1. The second-order valence-corrected chi connectivity index (χ2v) is 5.87. The number of carbonyl (C=O) groups excluding carboxylic acids is 1. The van der Waals surface area contributed by atoms with Gasteiger partial charge in [0.05, 0.1) is 18.0 Å². The van der Waals surface area contributed by atoms with E-state index in [0.717, 1.165) is 18.5 Å². The van der Waals surface area contributed by atoms with Gasteiger partial charge in [0.25, 0.3) is 11.5 Å². The first kappa shape index (κ1) is 14.6. The number of aromatic amines is 2. The molecule has 122 valence electrons. The first-order chi connectivity index (χ1) is 11.7. The van der Waals surface area contributed by atoms with Crippen molar-refractivity contribution in [2.75, 3.05) is 6.54 Å². The molecule has 4 rings (SSSR count). The third-order valence-corrected chi connectivity index (χ3v) is 4.42. The summed E-state index contributed by atoms with van der Waals surface area (Å²) in [6.45, 7) is 0.655. The molecule has 3 aromatic heterocycles. The molecule has 2 N–H and O–H groups in total. The van der Waals surface area contributed by atoms with E-state index >= 15 is 0 Å². The summed E-state index contributed by atoms with van der Waals surface area (Å²) >= 11 is 0. The molecular formula is C18H17N3O3. The fourth-order valence-electron chi connectivity index (χ4n) is 3.26. The largest absolute Gasteiger partial charge is 0.463 e. The lowest BCUT2D eigenvalue weighted by Gasteiger charge is -2.23. The Morgan fingerprint density at radius 3 is 2.83 bits per heavy atom. The van der Waals surface area contributed by atoms with Crippen molar-refractivity contribution in [3.8, 4) is 11.5 Å². The fraction of sp³-hybridized carbons (Fsp3) is 0.222. The minimum atomic E-state index is -0.397. The molecule has 24 heavy (non-hydrogen) atoms. The van der Waals surface area contributed by atoms with Gasteiger partial charge in [-0.1, -0.05) is 0 Å². The van der Waals surface area contributed by atoms with Gasteiger partial charge in [0.1, 0.15) is 11.3 Å². The minimum Gasteiger partial charge on any atom is -0.463 e. The molecule has 3 aromatic rings. The van der Waals surface area contributed by atoms with E-state index in [0.29, 0.717) is 18.0 Å². The highest BCUT2D eigenvalue weighted by atomic mass is 16.3. The molecule has 1 aliphatic rings. The highest BCUT2D eigenvalue weighted by Crippen LogP contribution is 2.31. The van der Waals surface area contributed by atoms with Crippen LogP contribution < -0.4 is 5.56 Å². The summed E-state index contributed by atoms with van der Waals surface area (Å²) in [6, 6.07) is 10.7. The summed E-state index contributed by atoms with van der Waals surface area (Å²) in [5.74, 6) is 0.330. The number of nitrogens with one attached hydrogen (secondary N) is 2. The molecular weight excluding hydrogens is 306 g/mol. The zero-order chi connectivity index (χ0) is 16.5. The number of pyridine rings is 1. The van der Waals surface area contributed by atoms with Crippen LogP contribution in [0, 0.1) is 0 Å². The van der Waals surface area contributed by atoms with Crippen LogP contribution in [0.4, 0.5) is 0 Å². The van der Waals surface area contributed by atoms with Crippen molar-refractivity contribution in [2.24, 2.45) is 0 Å². The quantitative estimate of drug-likeness (QED) is 0.777. The van der Waals surface area contributed by atoms with E-state index < -0.39 is 5.56 Å². The molecule has 0 bridgehead atoms. The lowest BCUT2D eigenvalue weighted by atomic mass is 10.1. The molecule has 1 saturated heterocycles. The normalized spacial score (nSPS) is 17.3. The van der Waals surface area contributed by atoms with Gasteiger partial charge in [0, 0.05) is 18.4 Å². The molecule has 1 amide bonds. The van der Waals surface area contributed by atoms with Crippen LogP contribution >= 0.6 is 0 Å². The molecule has 0 radical (unpaired) electrons. The fourth-order valence-corrected chi connectivity index (χ4v) is 3.26. The SMILES string of the molecule is O=C(c1ccc(-c2ccco2)[nH]c1=O)N1CCC[C@@H]1c1ccc[nH]1. The van der Waals surface area contributed by atoms with E-state index in [2.05, 4.69) is 9.97 Å². The van der Waals surface area contributed by atoms with Crippen LogP contribution in [-0.4, -0.2) is 27.3 Å². The smallest absolute Gasteiger partial charge is 0.261 e. The van der Waals surface area contributed by atoms with Gasteiger partial charge in [-0.2, -0.15) is 0 Å². The highest BCUT2D eigenvalue weighted by Gasteiger charge is 2.32. The number of likely N-dealkylation sites (tertiary alicyclic amines) is 1. The first-order valence-electron chi connectivity index (χ1n) is 7.95. The summed E-state index contributed by atoms with van der Waals surface area (Å²) in [7, 11) is 0. The number of furan rings is 1. The van der Waals surface area contributed by atoms with E-state index in [9.17, 15) is 9.59 Å². The van der Waals surface area contributed by atoms with Crippen molar-refractivity contribution in [2.45, 2.75) is 18.9 Å². The average molecular weight is 323 g/mol. The minimum absolute atomic E-state index is 0.00310. The molecule has 0 aliphatic carbocycles. The van der Waals surface area contributed by atoms with Crippen LogP contribution in [0.2, 0.25) is 0 Å². The standard InChI is InChI=1S/C18H17N3O3/c22-17-12(7-8-14(20-17)16-6-3-11-24-16)18(23)21-10-2-5-15(21)13-4-1-9-19-13/h1,3-4,6-9,11,15,19H,2,5,10H2,(H,20,22)/t15-/m1/s1. The Kier molecular flexibility index (Phi) is 3.57. The van der Waals surface area contributed by atoms with Crippen LogP contribution in [0.5, 0.6) is 0 Å². The van der Waals surface area contributed by atoms with Crippen molar-refractivity contribution in [3.63, 3.8) is 0 Å². The first-order valence-corrected chi connectivity index (χ1v) is 7.95. The third kappa shape index (κ3) is 2.46. The monoisotopic (exact) mass is 323 g/mol. The molecule has 0 spiro atoms. The van der Waals surface area contributed by atoms with E-state index in [4.69, 9.17) is 4.42 Å². The Labute approximate surface area is 138 Å². The van der Waals surface area contributed by atoms with E-state index in [1.54, 1.807) is 29.2 Å². The predicted octanol–water partition coefficient (Wildman–Crippen LogP) is 2.94. The average Bonchev–Trinajstić information content (AvgIpc) is 3.35. The van der Waals surface area contributed by atoms with Crippen LogP contribution in [0.15, 0.2) is 58.1 Å². The summed E-state index contributed by atoms with van der Waals surface area (Å²) in [4.78, 5) is 32.9. The van der Waals surface area contributed by atoms with Gasteiger partial charge < -0.3 is 19.3 Å². The summed E-state index contributed by atoms with van der Waals surface area (Å²) in [5, 5.41) is 0. The Balaban J connectivity index is 1.64. The number of amides is 1.